The number of fused-ring (bicyclic) bond motifs is 3. The molecule has 4 fully saturated rings. The Labute approximate surface area is 319 Å². The van der Waals surface area contributed by atoms with Crippen molar-refractivity contribution < 1.29 is 0 Å². The van der Waals surface area contributed by atoms with Crippen molar-refractivity contribution in [1.29, 1.82) is 0 Å². The number of hydrogen-bond acceptors (Lipinski definition) is 2. The molecule has 262 valence electrons. The molecule has 0 N–H and O–H groups in total. The van der Waals surface area contributed by atoms with Gasteiger partial charge in [0.2, 0.25) is 0 Å². The molecule has 12 rings (SSSR count). The molecular formula is C52H44N2. The van der Waals surface area contributed by atoms with Crippen molar-refractivity contribution >= 4 is 17.1 Å². The van der Waals surface area contributed by atoms with Crippen LogP contribution in [-0.2, 0) is 5.41 Å². The number of hydrogen-bond donors (Lipinski definition) is 0. The van der Waals surface area contributed by atoms with Crippen LogP contribution in [0.25, 0.3) is 44.5 Å². The second-order valence-electron chi connectivity index (χ2n) is 16.5. The molecule has 5 aliphatic rings. The van der Waals surface area contributed by atoms with Gasteiger partial charge in [-0.25, -0.2) is 0 Å². The van der Waals surface area contributed by atoms with E-state index < -0.39 is 0 Å². The fourth-order valence-electron chi connectivity index (χ4n) is 11.6. The molecule has 4 bridgehead atoms. The predicted octanol–water partition coefficient (Wildman–Crippen LogP) is 13.6. The molecule has 5 aliphatic carbocycles. The van der Waals surface area contributed by atoms with Crippen LogP contribution < -0.4 is 4.90 Å². The number of aromatic nitrogens is 1. The average molecular weight is 697 g/mol. The fraction of sp³-hybridized carbons (Fsp3) is 0.212. The Kier molecular flexibility index (Phi) is 7.31. The highest BCUT2D eigenvalue weighted by Gasteiger charge is 2.61. The van der Waals surface area contributed by atoms with Crippen LogP contribution in [0.2, 0.25) is 0 Å². The highest BCUT2D eigenvalue weighted by molar-refractivity contribution is 5.87. The molecule has 54 heavy (non-hydrogen) atoms. The molecule has 0 saturated heterocycles. The number of aryl methyl sites for hydroxylation is 1. The Morgan fingerprint density at radius 3 is 1.54 bits per heavy atom. The number of pyridine rings is 1. The molecule has 0 unspecified atom stereocenters. The Bertz CT molecular complexity index is 2390. The van der Waals surface area contributed by atoms with E-state index in [2.05, 4.69) is 170 Å². The van der Waals surface area contributed by atoms with E-state index in [0.717, 1.165) is 46.4 Å². The SMILES string of the molecule is Cc1ncc(N(c2ccc(-c3ccccc3)cc2)c2ccc(-c3ccccc3)cc2)cc1-c1ccc2c(c1)-c1ccccc1C21C2CC3CC(C2)CC1C3. The van der Waals surface area contributed by atoms with Crippen LogP contribution >= 0.6 is 0 Å². The van der Waals surface area contributed by atoms with E-state index in [4.69, 9.17) is 4.98 Å². The molecule has 4 saturated carbocycles. The summed E-state index contributed by atoms with van der Waals surface area (Å²) in [7, 11) is 0. The number of benzene rings is 6. The molecule has 2 heteroatoms. The van der Waals surface area contributed by atoms with Crippen LogP contribution in [-0.4, -0.2) is 4.98 Å². The minimum atomic E-state index is 0.182. The normalized spacial score (nSPS) is 23.0. The van der Waals surface area contributed by atoms with Crippen molar-refractivity contribution in [3.63, 3.8) is 0 Å². The lowest BCUT2D eigenvalue weighted by Crippen LogP contribution is -2.55. The van der Waals surface area contributed by atoms with Gasteiger partial charge < -0.3 is 4.90 Å². The van der Waals surface area contributed by atoms with Crippen LogP contribution in [0.1, 0.15) is 48.9 Å². The largest absolute Gasteiger partial charge is 0.309 e. The quantitative estimate of drug-likeness (QED) is 0.172. The van der Waals surface area contributed by atoms with Crippen molar-refractivity contribution in [1.82, 2.24) is 4.98 Å². The van der Waals surface area contributed by atoms with Gasteiger partial charge in [0, 0.05) is 28.0 Å². The van der Waals surface area contributed by atoms with Crippen molar-refractivity contribution in [2.75, 3.05) is 4.90 Å². The summed E-state index contributed by atoms with van der Waals surface area (Å²) in [5.41, 5.74) is 17.9. The van der Waals surface area contributed by atoms with Gasteiger partial charge in [-0.05, 0) is 149 Å². The van der Waals surface area contributed by atoms with Gasteiger partial charge in [0.15, 0.2) is 0 Å². The van der Waals surface area contributed by atoms with Crippen LogP contribution in [0.3, 0.4) is 0 Å². The minimum absolute atomic E-state index is 0.182. The average Bonchev–Trinajstić information content (AvgIpc) is 3.51. The minimum Gasteiger partial charge on any atom is -0.309 e. The number of rotatable bonds is 6. The summed E-state index contributed by atoms with van der Waals surface area (Å²) in [6.07, 6.45) is 9.14. The zero-order valence-electron chi connectivity index (χ0n) is 30.8. The summed E-state index contributed by atoms with van der Waals surface area (Å²) >= 11 is 0. The van der Waals surface area contributed by atoms with Gasteiger partial charge in [0.25, 0.3) is 0 Å². The van der Waals surface area contributed by atoms with E-state index in [0.29, 0.717) is 0 Å². The molecule has 1 aromatic heterocycles. The van der Waals surface area contributed by atoms with Gasteiger partial charge in [-0.1, -0.05) is 121 Å². The highest BCUT2D eigenvalue weighted by atomic mass is 15.1. The standard InChI is InChI=1S/C52H44N2/c1-34-48(41-20-25-51-49(31-41)47-14-8-9-15-50(47)52(51)42-27-35-26-36(29-42)30-43(52)28-35)32-46(33-53-34)54(44-21-16-39(17-22-44)37-10-4-2-5-11-37)45-23-18-40(19-24-45)38-12-6-3-7-13-38/h2-25,31-33,35-36,42-43H,26-30H2,1H3. The summed E-state index contributed by atoms with van der Waals surface area (Å²) in [4.78, 5) is 7.45. The van der Waals surface area contributed by atoms with Gasteiger partial charge >= 0.3 is 0 Å². The smallest absolute Gasteiger partial charge is 0.0651 e. The van der Waals surface area contributed by atoms with Gasteiger partial charge in [-0.2, -0.15) is 0 Å². The van der Waals surface area contributed by atoms with E-state index in [-0.39, 0.29) is 5.41 Å². The second-order valence-corrected chi connectivity index (χ2v) is 16.5. The first-order valence-corrected chi connectivity index (χ1v) is 20.0. The van der Waals surface area contributed by atoms with Gasteiger partial charge in [0.05, 0.1) is 11.9 Å². The van der Waals surface area contributed by atoms with E-state index in [9.17, 15) is 0 Å². The first-order valence-electron chi connectivity index (χ1n) is 20.0. The van der Waals surface area contributed by atoms with Crippen molar-refractivity contribution in [3.05, 3.63) is 181 Å². The predicted molar refractivity (Wildman–Crippen MR) is 223 cm³/mol. The van der Waals surface area contributed by atoms with Crippen molar-refractivity contribution in [3.8, 4) is 44.5 Å². The Morgan fingerprint density at radius 2 is 0.944 bits per heavy atom. The lowest BCUT2D eigenvalue weighted by atomic mass is 9.43. The topological polar surface area (TPSA) is 16.1 Å². The Balaban J connectivity index is 1.02. The van der Waals surface area contributed by atoms with Crippen molar-refractivity contribution in [2.45, 2.75) is 44.4 Å². The highest BCUT2D eigenvalue weighted by Crippen LogP contribution is 2.69. The Hall–Kier alpha value is -5.73. The van der Waals surface area contributed by atoms with Gasteiger partial charge in [-0.15, -0.1) is 0 Å². The maximum atomic E-state index is 5.10. The molecule has 6 aromatic carbocycles. The molecule has 7 aromatic rings. The third kappa shape index (κ3) is 4.89. The summed E-state index contributed by atoms with van der Waals surface area (Å²) in [6, 6.07) is 58.4. The van der Waals surface area contributed by atoms with Gasteiger partial charge in [-0.3, -0.25) is 4.98 Å². The molecule has 0 atom stereocenters. The fourth-order valence-corrected chi connectivity index (χ4v) is 11.6. The molecule has 0 aliphatic heterocycles. The lowest BCUT2D eigenvalue weighted by molar-refractivity contribution is -0.0399. The third-order valence-electron chi connectivity index (χ3n) is 13.7. The van der Waals surface area contributed by atoms with Crippen LogP contribution in [0.5, 0.6) is 0 Å². The Morgan fingerprint density at radius 1 is 0.444 bits per heavy atom. The number of nitrogens with zero attached hydrogens (tertiary/aromatic N) is 2. The molecule has 2 nitrogen and oxygen atoms in total. The van der Waals surface area contributed by atoms with E-state index in [1.807, 2.05) is 6.20 Å². The molecular weight excluding hydrogens is 653 g/mol. The lowest BCUT2D eigenvalue weighted by Gasteiger charge is -2.61. The molecule has 0 amide bonds. The van der Waals surface area contributed by atoms with E-state index in [1.54, 1.807) is 11.1 Å². The molecule has 1 spiro atoms. The van der Waals surface area contributed by atoms with Crippen molar-refractivity contribution in [2.24, 2.45) is 23.7 Å². The zero-order valence-corrected chi connectivity index (χ0v) is 30.8. The third-order valence-corrected chi connectivity index (χ3v) is 13.7. The first-order chi connectivity index (χ1) is 26.6. The maximum Gasteiger partial charge on any atom is 0.0651 e. The first kappa shape index (κ1) is 31.8. The zero-order chi connectivity index (χ0) is 35.8. The maximum absolute atomic E-state index is 5.10. The second kappa shape index (κ2) is 12.4. The summed E-state index contributed by atoms with van der Waals surface area (Å²) < 4.78 is 0. The summed E-state index contributed by atoms with van der Waals surface area (Å²) in [6.45, 7) is 2.16. The molecule has 0 radical (unpaired) electrons. The summed E-state index contributed by atoms with van der Waals surface area (Å²) in [5, 5.41) is 0. The molecule has 1 heterocycles. The monoisotopic (exact) mass is 696 g/mol. The van der Waals surface area contributed by atoms with E-state index in [1.165, 1.54) is 76.6 Å². The summed E-state index contributed by atoms with van der Waals surface area (Å²) in [5.74, 6) is 3.42. The van der Waals surface area contributed by atoms with E-state index >= 15 is 0 Å². The van der Waals surface area contributed by atoms with Crippen LogP contribution in [0.15, 0.2) is 164 Å². The van der Waals surface area contributed by atoms with Gasteiger partial charge in [0.1, 0.15) is 0 Å². The van der Waals surface area contributed by atoms with Crippen LogP contribution in [0, 0.1) is 30.6 Å². The number of anilines is 3. The van der Waals surface area contributed by atoms with Crippen LogP contribution in [0.4, 0.5) is 17.1 Å².